The maximum Gasteiger partial charge on any atom is 0.334 e. The fourth-order valence-electron chi connectivity index (χ4n) is 2.11. The molecule has 104 valence electrons. The molecule has 0 aromatic heterocycles. The summed E-state index contributed by atoms with van der Waals surface area (Å²) in [6.07, 6.45) is -0.765. The van der Waals surface area contributed by atoms with Crippen molar-refractivity contribution in [3.05, 3.63) is 28.8 Å². The van der Waals surface area contributed by atoms with E-state index in [4.69, 9.17) is 26.2 Å². The summed E-state index contributed by atoms with van der Waals surface area (Å²) in [5.41, 5.74) is 0.945. The van der Waals surface area contributed by atoms with Gasteiger partial charge in [-0.25, -0.2) is 4.79 Å². The second-order valence-electron chi connectivity index (χ2n) is 4.39. The van der Waals surface area contributed by atoms with E-state index in [1.54, 1.807) is 13.2 Å². The van der Waals surface area contributed by atoms with Crippen LogP contribution in [0.3, 0.4) is 0 Å². The number of rotatable bonds is 4. The maximum absolute atomic E-state index is 10.9. The summed E-state index contributed by atoms with van der Waals surface area (Å²) in [7, 11) is 1.60. The van der Waals surface area contributed by atoms with Crippen molar-refractivity contribution < 1.29 is 19.4 Å². The molecular formula is C13H16ClNO4. The fourth-order valence-corrected chi connectivity index (χ4v) is 2.30. The number of methoxy groups -OCH3 is 1. The second-order valence-corrected chi connectivity index (χ2v) is 4.83. The van der Waals surface area contributed by atoms with Crippen LogP contribution in [-0.2, 0) is 16.1 Å². The predicted octanol–water partition coefficient (Wildman–Crippen LogP) is 1.63. The minimum Gasteiger partial charge on any atom is -0.496 e. The van der Waals surface area contributed by atoms with E-state index in [9.17, 15) is 4.79 Å². The van der Waals surface area contributed by atoms with Gasteiger partial charge in [-0.15, -0.1) is 0 Å². The average Bonchev–Trinajstić information content (AvgIpc) is 2.39. The molecule has 0 spiro atoms. The summed E-state index contributed by atoms with van der Waals surface area (Å²) in [5.74, 6) is -0.175. The summed E-state index contributed by atoms with van der Waals surface area (Å²) in [5, 5.41) is 9.61. The Hall–Kier alpha value is -1.30. The number of nitrogens with zero attached hydrogens (tertiary/aromatic N) is 1. The molecule has 2 rings (SSSR count). The first-order valence-corrected chi connectivity index (χ1v) is 6.37. The van der Waals surface area contributed by atoms with Crippen LogP contribution in [0.25, 0.3) is 0 Å². The third-order valence-corrected chi connectivity index (χ3v) is 3.30. The number of hydrogen-bond acceptors (Lipinski definition) is 4. The van der Waals surface area contributed by atoms with E-state index >= 15 is 0 Å². The number of benzene rings is 1. The molecule has 6 heteroatoms. The van der Waals surface area contributed by atoms with Crippen molar-refractivity contribution in [1.82, 2.24) is 4.90 Å². The van der Waals surface area contributed by atoms with Crippen molar-refractivity contribution in [3.63, 3.8) is 0 Å². The fraction of sp³-hybridized carbons (Fsp3) is 0.462. The van der Waals surface area contributed by atoms with Crippen molar-refractivity contribution in [1.29, 1.82) is 0 Å². The zero-order valence-corrected chi connectivity index (χ0v) is 11.4. The van der Waals surface area contributed by atoms with Gasteiger partial charge < -0.3 is 14.6 Å². The van der Waals surface area contributed by atoms with E-state index in [0.717, 1.165) is 11.3 Å². The molecule has 1 aliphatic rings. The summed E-state index contributed by atoms with van der Waals surface area (Å²) >= 11 is 5.98. The number of hydrogen-bond donors (Lipinski definition) is 1. The molecule has 0 amide bonds. The zero-order chi connectivity index (χ0) is 13.8. The highest BCUT2D eigenvalue weighted by molar-refractivity contribution is 6.30. The van der Waals surface area contributed by atoms with E-state index in [2.05, 4.69) is 0 Å². The smallest absolute Gasteiger partial charge is 0.334 e. The molecule has 1 unspecified atom stereocenters. The Morgan fingerprint density at radius 3 is 3.11 bits per heavy atom. The van der Waals surface area contributed by atoms with Gasteiger partial charge in [0.2, 0.25) is 0 Å². The Morgan fingerprint density at radius 1 is 1.63 bits per heavy atom. The molecule has 1 heterocycles. The molecule has 0 saturated carbocycles. The third kappa shape index (κ3) is 3.59. The molecule has 0 radical (unpaired) electrons. The molecule has 1 saturated heterocycles. The van der Waals surface area contributed by atoms with Crippen molar-refractivity contribution in [2.75, 3.05) is 26.8 Å². The van der Waals surface area contributed by atoms with E-state index in [0.29, 0.717) is 31.3 Å². The van der Waals surface area contributed by atoms with Crippen LogP contribution in [0.2, 0.25) is 5.02 Å². The van der Waals surface area contributed by atoms with E-state index < -0.39 is 12.1 Å². The SMILES string of the molecule is COc1ccc(Cl)cc1CN1CCOC(C(=O)O)C1. The van der Waals surface area contributed by atoms with Crippen LogP contribution in [0.15, 0.2) is 18.2 Å². The lowest BCUT2D eigenvalue weighted by Gasteiger charge is -2.31. The molecule has 0 aliphatic carbocycles. The second kappa shape index (κ2) is 6.23. The third-order valence-electron chi connectivity index (χ3n) is 3.06. The first-order chi connectivity index (χ1) is 9.10. The van der Waals surface area contributed by atoms with Crippen LogP contribution in [-0.4, -0.2) is 48.9 Å². The Bertz CT molecular complexity index is 466. The van der Waals surface area contributed by atoms with Crippen molar-refractivity contribution in [3.8, 4) is 5.75 Å². The van der Waals surface area contributed by atoms with Gasteiger partial charge in [0, 0.05) is 30.2 Å². The Morgan fingerprint density at radius 2 is 2.42 bits per heavy atom. The van der Waals surface area contributed by atoms with E-state index in [-0.39, 0.29) is 0 Å². The minimum atomic E-state index is -0.928. The number of ether oxygens (including phenoxy) is 2. The highest BCUT2D eigenvalue weighted by Gasteiger charge is 2.26. The quantitative estimate of drug-likeness (QED) is 0.911. The monoisotopic (exact) mass is 285 g/mol. The van der Waals surface area contributed by atoms with E-state index in [1.807, 2.05) is 17.0 Å². The summed E-state index contributed by atoms with van der Waals surface area (Å²) < 4.78 is 10.5. The molecule has 1 aromatic rings. The van der Waals surface area contributed by atoms with Gasteiger partial charge in [0.25, 0.3) is 0 Å². The summed E-state index contributed by atoms with van der Waals surface area (Å²) in [4.78, 5) is 13.0. The lowest BCUT2D eigenvalue weighted by molar-refractivity contribution is -0.156. The molecule has 1 aromatic carbocycles. The average molecular weight is 286 g/mol. The largest absolute Gasteiger partial charge is 0.496 e. The number of halogens is 1. The molecule has 19 heavy (non-hydrogen) atoms. The van der Waals surface area contributed by atoms with Crippen LogP contribution in [0.4, 0.5) is 0 Å². The molecule has 1 aliphatic heterocycles. The van der Waals surface area contributed by atoms with Crippen molar-refractivity contribution in [2.24, 2.45) is 0 Å². The lowest BCUT2D eigenvalue weighted by Crippen LogP contribution is -2.45. The van der Waals surface area contributed by atoms with Gasteiger partial charge in [0.05, 0.1) is 13.7 Å². The van der Waals surface area contributed by atoms with E-state index in [1.165, 1.54) is 0 Å². The van der Waals surface area contributed by atoms with Gasteiger partial charge in [-0.1, -0.05) is 11.6 Å². The van der Waals surface area contributed by atoms with Crippen LogP contribution in [0, 0.1) is 0 Å². The number of carboxylic acids is 1. The highest BCUT2D eigenvalue weighted by atomic mass is 35.5. The number of carbonyl (C=O) groups is 1. The molecule has 0 bridgehead atoms. The van der Waals surface area contributed by atoms with Crippen molar-refractivity contribution >= 4 is 17.6 Å². The van der Waals surface area contributed by atoms with Gasteiger partial charge in [0.15, 0.2) is 6.10 Å². The van der Waals surface area contributed by atoms with Crippen LogP contribution < -0.4 is 4.74 Å². The molecule has 1 atom stereocenters. The van der Waals surface area contributed by atoms with Crippen LogP contribution in [0.5, 0.6) is 5.75 Å². The lowest BCUT2D eigenvalue weighted by atomic mass is 10.1. The predicted molar refractivity (Wildman–Crippen MR) is 70.7 cm³/mol. The number of morpholine rings is 1. The molecule has 1 N–H and O–H groups in total. The zero-order valence-electron chi connectivity index (χ0n) is 10.6. The van der Waals surface area contributed by atoms with Gasteiger partial charge in [-0.05, 0) is 18.2 Å². The summed E-state index contributed by atoms with van der Waals surface area (Å²) in [6, 6.07) is 5.42. The first-order valence-electron chi connectivity index (χ1n) is 5.99. The number of aliphatic carboxylic acids is 1. The van der Waals surface area contributed by atoms with Gasteiger partial charge in [-0.2, -0.15) is 0 Å². The normalized spacial score (nSPS) is 20.2. The van der Waals surface area contributed by atoms with Gasteiger partial charge in [0.1, 0.15) is 5.75 Å². The maximum atomic E-state index is 10.9. The molecule has 1 fully saturated rings. The van der Waals surface area contributed by atoms with Crippen molar-refractivity contribution in [2.45, 2.75) is 12.6 Å². The van der Waals surface area contributed by atoms with Gasteiger partial charge >= 0.3 is 5.97 Å². The van der Waals surface area contributed by atoms with Crippen LogP contribution in [0.1, 0.15) is 5.56 Å². The van der Waals surface area contributed by atoms with Crippen LogP contribution >= 0.6 is 11.6 Å². The molecule has 5 nitrogen and oxygen atoms in total. The Balaban J connectivity index is 2.08. The minimum absolute atomic E-state index is 0.366. The Labute approximate surface area is 116 Å². The highest BCUT2D eigenvalue weighted by Crippen LogP contribution is 2.24. The standard InChI is InChI=1S/C13H16ClNO4/c1-18-11-3-2-10(14)6-9(11)7-15-4-5-19-12(8-15)13(16)17/h2-3,6,12H,4-5,7-8H2,1H3,(H,16,17). The molecular weight excluding hydrogens is 270 g/mol. The summed E-state index contributed by atoms with van der Waals surface area (Å²) in [6.45, 7) is 2.07. The topological polar surface area (TPSA) is 59.0 Å². The van der Waals surface area contributed by atoms with Gasteiger partial charge in [-0.3, -0.25) is 4.90 Å². The number of carboxylic acid groups (broad SMARTS) is 1. The first kappa shape index (κ1) is 14.1. The Kier molecular flexibility index (Phi) is 4.63.